The zero-order valence-corrected chi connectivity index (χ0v) is 20.4. The molecular weight excluding hydrogens is 468 g/mol. The number of hydrogen-bond acceptors (Lipinski definition) is 9. The molecule has 11 heteroatoms. The van der Waals surface area contributed by atoms with Crippen LogP contribution in [0.1, 0.15) is 23.8 Å². The van der Waals surface area contributed by atoms with Crippen LogP contribution in [0.5, 0.6) is 5.75 Å². The van der Waals surface area contributed by atoms with Crippen molar-refractivity contribution in [3.05, 3.63) is 35.1 Å². The number of carbonyl (C=O) groups excluding carboxylic acids is 1. The maximum atomic E-state index is 12.9. The third-order valence-electron chi connectivity index (χ3n) is 6.36. The molecule has 1 amide bonds. The molecule has 1 unspecified atom stereocenters. The average molecular weight is 497 g/mol. The second-order valence-corrected chi connectivity index (χ2v) is 9.85. The van der Waals surface area contributed by atoms with Gasteiger partial charge in [0.1, 0.15) is 22.7 Å². The minimum Gasteiger partial charge on any atom is -0.492 e. The summed E-state index contributed by atoms with van der Waals surface area (Å²) in [5, 5.41) is 31.3. The lowest BCUT2D eigenvalue weighted by Gasteiger charge is -2.27. The van der Waals surface area contributed by atoms with Crippen molar-refractivity contribution in [2.75, 3.05) is 32.1 Å². The van der Waals surface area contributed by atoms with Crippen LogP contribution < -0.4 is 10.1 Å². The Labute approximate surface area is 206 Å². The Balaban J connectivity index is 1.44. The van der Waals surface area contributed by atoms with Gasteiger partial charge in [0.15, 0.2) is 0 Å². The SMILES string of the molecule is CCOc1cc2[nH]ncc2cc1Nc1ncnc2sc3c(c12)CC[C@H](C(=O)N(C)CC(O)CO)C3. The number of carbonyl (C=O) groups is 1. The summed E-state index contributed by atoms with van der Waals surface area (Å²) in [5.74, 6) is 1.24. The molecule has 0 radical (unpaired) electrons. The number of nitrogens with one attached hydrogen (secondary N) is 2. The summed E-state index contributed by atoms with van der Waals surface area (Å²) in [7, 11) is 1.67. The number of amides is 1. The number of anilines is 2. The van der Waals surface area contributed by atoms with Crippen molar-refractivity contribution < 1.29 is 19.7 Å². The van der Waals surface area contributed by atoms with Gasteiger partial charge in [-0.1, -0.05) is 0 Å². The van der Waals surface area contributed by atoms with E-state index in [9.17, 15) is 9.90 Å². The van der Waals surface area contributed by atoms with Crippen molar-refractivity contribution >= 4 is 49.9 Å². The normalized spacial score (nSPS) is 16.3. The van der Waals surface area contributed by atoms with Crippen molar-refractivity contribution in [3.8, 4) is 5.75 Å². The fraction of sp³-hybridized carbons (Fsp3) is 0.417. The molecule has 1 aliphatic rings. The van der Waals surface area contributed by atoms with Crippen molar-refractivity contribution in [2.24, 2.45) is 5.92 Å². The van der Waals surface area contributed by atoms with Crippen LogP contribution in [0.3, 0.4) is 0 Å². The summed E-state index contributed by atoms with van der Waals surface area (Å²) in [4.78, 5) is 25.5. The molecule has 4 N–H and O–H groups in total. The number of ether oxygens (including phenoxy) is 1. The van der Waals surface area contributed by atoms with Crippen LogP contribution in [0, 0.1) is 5.92 Å². The monoisotopic (exact) mass is 496 g/mol. The number of thiophene rings is 1. The molecule has 10 nitrogen and oxygen atoms in total. The van der Waals surface area contributed by atoms with E-state index in [1.54, 1.807) is 30.9 Å². The largest absolute Gasteiger partial charge is 0.492 e. The highest BCUT2D eigenvalue weighted by atomic mass is 32.1. The van der Waals surface area contributed by atoms with E-state index in [0.29, 0.717) is 31.0 Å². The molecule has 3 heterocycles. The number of nitrogens with zero attached hydrogens (tertiary/aromatic N) is 4. The molecule has 0 bridgehead atoms. The van der Waals surface area contributed by atoms with Gasteiger partial charge in [0.2, 0.25) is 5.91 Å². The first-order valence-corrected chi connectivity index (χ1v) is 12.5. The Morgan fingerprint density at radius 3 is 3.06 bits per heavy atom. The topological polar surface area (TPSA) is 136 Å². The molecule has 0 saturated carbocycles. The third-order valence-corrected chi connectivity index (χ3v) is 7.52. The number of aliphatic hydroxyl groups is 2. The molecule has 35 heavy (non-hydrogen) atoms. The van der Waals surface area contributed by atoms with Crippen LogP contribution in [0.25, 0.3) is 21.1 Å². The summed E-state index contributed by atoms with van der Waals surface area (Å²) in [5.41, 5.74) is 2.87. The van der Waals surface area contributed by atoms with Crippen molar-refractivity contribution in [2.45, 2.75) is 32.3 Å². The predicted octanol–water partition coefficient (Wildman–Crippen LogP) is 2.63. The van der Waals surface area contributed by atoms with Gasteiger partial charge >= 0.3 is 0 Å². The number of benzene rings is 1. The van der Waals surface area contributed by atoms with E-state index < -0.39 is 6.10 Å². The predicted molar refractivity (Wildman–Crippen MR) is 134 cm³/mol. The van der Waals surface area contributed by atoms with E-state index in [1.807, 2.05) is 19.1 Å². The maximum Gasteiger partial charge on any atom is 0.225 e. The van der Waals surface area contributed by atoms with E-state index in [-0.39, 0.29) is 25.0 Å². The van der Waals surface area contributed by atoms with E-state index in [1.165, 1.54) is 10.5 Å². The van der Waals surface area contributed by atoms with Gasteiger partial charge in [-0.3, -0.25) is 9.89 Å². The van der Waals surface area contributed by atoms with Gasteiger partial charge in [-0.2, -0.15) is 5.10 Å². The molecule has 4 aromatic rings. The number of aromatic nitrogens is 4. The van der Waals surface area contributed by atoms with Gasteiger partial charge in [0.25, 0.3) is 0 Å². The summed E-state index contributed by atoms with van der Waals surface area (Å²) in [6, 6.07) is 3.91. The first-order chi connectivity index (χ1) is 17.0. The Morgan fingerprint density at radius 1 is 1.40 bits per heavy atom. The molecule has 2 atom stereocenters. The van der Waals surface area contributed by atoms with Gasteiger partial charge in [-0.05, 0) is 37.8 Å². The summed E-state index contributed by atoms with van der Waals surface area (Å²) >= 11 is 1.60. The van der Waals surface area contributed by atoms with Gasteiger partial charge in [-0.15, -0.1) is 11.3 Å². The molecule has 184 valence electrons. The van der Waals surface area contributed by atoms with Crippen molar-refractivity contribution in [1.29, 1.82) is 0 Å². The fourth-order valence-electron chi connectivity index (χ4n) is 4.66. The Bertz CT molecular complexity index is 1370. The number of aromatic amines is 1. The molecule has 3 aromatic heterocycles. The first kappa shape index (κ1) is 23.5. The van der Waals surface area contributed by atoms with E-state index >= 15 is 0 Å². The Hall–Kier alpha value is -3.28. The zero-order valence-electron chi connectivity index (χ0n) is 19.6. The number of aliphatic hydroxyl groups excluding tert-OH is 2. The molecule has 0 saturated heterocycles. The molecule has 0 aliphatic heterocycles. The highest BCUT2D eigenvalue weighted by Gasteiger charge is 2.31. The smallest absolute Gasteiger partial charge is 0.225 e. The van der Waals surface area contributed by atoms with Crippen LogP contribution in [-0.2, 0) is 17.6 Å². The number of likely N-dealkylation sites (N-methyl/N-ethyl adjacent to an activating group) is 1. The minimum absolute atomic E-state index is 0.0141. The quantitative estimate of drug-likeness (QED) is 0.292. The second-order valence-electron chi connectivity index (χ2n) is 8.76. The van der Waals surface area contributed by atoms with Crippen LogP contribution in [-0.4, -0.2) is 74.1 Å². The second kappa shape index (κ2) is 9.76. The van der Waals surface area contributed by atoms with E-state index in [4.69, 9.17) is 9.84 Å². The highest BCUT2D eigenvalue weighted by molar-refractivity contribution is 7.19. The Morgan fingerprint density at radius 2 is 2.26 bits per heavy atom. The number of H-pyrrole nitrogens is 1. The first-order valence-electron chi connectivity index (χ1n) is 11.6. The van der Waals surface area contributed by atoms with Crippen LogP contribution >= 0.6 is 11.3 Å². The lowest BCUT2D eigenvalue weighted by Crippen LogP contribution is -2.40. The number of hydrogen-bond donors (Lipinski definition) is 4. The molecule has 1 aromatic carbocycles. The van der Waals surface area contributed by atoms with Gasteiger partial charge in [0, 0.05) is 35.8 Å². The molecule has 0 fully saturated rings. The summed E-state index contributed by atoms with van der Waals surface area (Å²) in [6.07, 6.45) is 4.46. The lowest BCUT2D eigenvalue weighted by molar-refractivity contribution is -0.136. The van der Waals surface area contributed by atoms with E-state index in [2.05, 4.69) is 25.5 Å². The van der Waals surface area contributed by atoms with Crippen LogP contribution in [0.4, 0.5) is 11.5 Å². The van der Waals surface area contributed by atoms with E-state index in [0.717, 1.165) is 38.1 Å². The standard InChI is InChI=1S/C24H28N6O4S/c1-3-34-19-8-17-14(9-27-29-17)6-18(19)28-22-21-16-5-4-13(24(33)30(2)10-15(32)11-31)7-20(16)35-23(21)26-12-25-22/h6,8-9,12-13,15,31-32H,3-5,7,10-11H2,1-2H3,(H,27,29)(H,25,26,28)/t13-,15?/m0/s1. The maximum absolute atomic E-state index is 12.9. The lowest BCUT2D eigenvalue weighted by atomic mass is 9.87. The minimum atomic E-state index is -0.931. The van der Waals surface area contributed by atoms with Gasteiger partial charge in [0.05, 0.1) is 42.1 Å². The summed E-state index contributed by atoms with van der Waals surface area (Å²) < 4.78 is 5.86. The van der Waals surface area contributed by atoms with Crippen LogP contribution in [0.2, 0.25) is 0 Å². The highest BCUT2D eigenvalue weighted by Crippen LogP contribution is 2.42. The third kappa shape index (κ3) is 4.54. The molecule has 0 spiro atoms. The molecule has 1 aliphatic carbocycles. The van der Waals surface area contributed by atoms with Crippen LogP contribution in [0.15, 0.2) is 24.7 Å². The fourth-order valence-corrected chi connectivity index (χ4v) is 5.93. The van der Waals surface area contributed by atoms with Crippen molar-refractivity contribution in [1.82, 2.24) is 25.1 Å². The number of aryl methyl sites for hydroxylation is 1. The molecule has 5 rings (SSSR count). The van der Waals surface area contributed by atoms with Gasteiger partial charge < -0.3 is 25.2 Å². The number of fused-ring (bicyclic) bond motifs is 4. The average Bonchev–Trinajstić information content (AvgIpc) is 3.47. The summed E-state index contributed by atoms with van der Waals surface area (Å²) in [6.45, 7) is 2.23. The molecular formula is C24H28N6O4S. The number of rotatable bonds is 8. The van der Waals surface area contributed by atoms with Gasteiger partial charge in [-0.25, -0.2) is 9.97 Å². The Kier molecular flexibility index (Phi) is 6.54. The van der Waals surface area contributed by atoms with Crippen molar-refractivity contribution in [3.63, 3.8) is 0 Å². The zero-order chi connectivity index (χ0) is 24.5.